The molecule has 2 aromatic carbocycles. The van der Waals surface area contributed by atoms with Crippen molar-refractivity contribution in [2.45, 2.75) is 13.8 Å². The molecular formula is C20H22ClN4O2+. The second kappa shape index (κ2) is 9.17. The number of nitrogens with one attached hydrogen (secondary N) is 3. The van der Waals surface area contributed by atoms with Crippen LogP contribution < -0.4 is 15.5 Å². The van der Waals surface area contributed by atoms with Crippen LogP contribution in [0.5, 0.6) is 0 Å². The number of hydrogen-bond donors (Lipinski definition) is 3. The largest absolute Gasteiger partial charge is 0.322 e. The third kappa shape index (κ3) is 5.81. The molecule has 7 heteroatoms. The van der Waals surface area contributed by atoms with Crippen LogP contribution in [-0.4, -0.2) is 32.0 Å². The lowest BCUT2D eigenvalue weighted by Crippen LogP contribution is -3.11. The lowest BCUT2D eigenvalue weighted by atomic mass is 10.1. The molecule has 1 atom stereocenters. The molecule has 0 aliphatic rings. The highest BCUT2D eigenvalue weighted by Gasteiger charge is 2.16. The fraction of sp³-hybridized carbons (Fsp3) is 0.250. The summed E-state index contributed by atoms with van der Waals surface area (Å²) in [5.74, 6) is -0.468. The van der Waals surface area contributed by atoms with Crippen LogP contribution in [0.25, 0.3) is 0 Å². The third-order valence-electron chi connectivity index (χ3n) is 4.05. The number of hydrogen-bond acceptors (Lipinski definition) is 3. The first-order valence-electron chi connectivity index (χ1n) is 8.47. The molecule has 0 fully saturated rings. The van der Waals surface area contributed by atoms with Gasteiger partial charge < -0.3 is 15.5 Å². The Balaban J connectivity index is 1.92. The molecule has 1 unspecified atom stereocenters. The van der Waals surface area contributed by atoms with Gasteiger partial charge in [0.15, 0.2) is 13.1 Å². The van der Waals surface area contributed by atoms with E-state index in [0.717, 1.165) is 21.7 Å². The van der Waals surface area contributed by atoms with E-state index in [1.807, 2.05) is 38.1 Å². The van der Waals surface area contributed by atoms with Gasteiger partial charge in [-0.25, -0.2) is 0 Å². The van der Waals surface area contributed by atoms with Gasteiger partial charge in [-0.05, 0) is 43.2 Å². The van der Waals surface area contributed by atoms with Crippen molar-refractivity contribution in [3.8, 4) is 6.07 Å². The van der Waals surface area contributed by atoms with Gasteiger partial charge in [0.25, 0.3) is 11.8 Å². The summed E-state index contributed by atoms with van der Waals surface area (Å²) in [7, 11) is 1.76. The molecule has 0 bridgehead atoms. The van der Waals surface area contributed by atoms with E-state index in [-0.39, 0.29) is 24.9 Å². The minimum Gasteiger partial charge on any atom is -0.322 e. The number of carbonyl (C=O) groups excluding carboxylic acids is 2. The number of amides is 2. The Morgan fingerprint density at radius 2 is 1.67 bits per heavy atom. The summed E-state index contributed by atoms with van der Waals surface area (Å²) in [5.41, 5.74) is 3.48. The molecule has 2 rings (SSSR count). The molecule has 27 heavy (non-hydrogen) atoms. The molecule has 0 aromatic heterocycles. The summed E-state index contributed by atoms with van der Waals surface area (Å²) in [6.07, 6.45) is 0. The molecule has 0 radical (unpaired) electrons. The van der Waals surface area contributed by atoms with Crippen molar-refractivity contribution in [1.82, 2.24) is 0 Å². The highest BCUT2D eigenvalue weighted by molar-refractivity contribution is 6.31. The Kier molecular flexibility index (Phi) is 6.94. The SMILES string of the molecule is Cc1cccc(C)c1NC(=O)C[NH+](C)CC(=O)Nc1cc(Cl)ccc1C#N. The van der Waals surface area contributed by atoms with E-state index < -0.39 is 0 Å². The number of quaternary nitrogens is 1. The van der Waals surface area contributed by atoms with E-state index in [9.17, 15) is 9.59 Å². The van der Waals surface area contributed by atoms with Gasteiger partial charge in [-0.2, -0.15) is 5.26 Å². The Morgan fingerprint density at radius 3 is 2.26 bits per heavy atom. The molecule has 0 aliphatic heterocycles. The number of nitrogens with zero attached hydrogens (tertiary/aromatic N) is 1. The molecule has 0 spiro atoms. The minimum absolute atomic E-state index is 0.0809. The van der Waals surface area contributed by atoms with Crippen LogP contribution in [0.4, 0.5) is 11.4 Å². The van der Waals surface area contributed by atoms with Crippen molar-refractivity contribution in [3.05, 3.63) is 58.1 Å². The van der Waals surface area contributed by atoms with Gasteiger partial charge in [-0.15, -0.1) is 0 Å². The second-order valence-electron chi connectivity index (χ2n) is 6.48. The first-order valence-corrected chi connectivity index (χ1v) is 8.85. The van der Waals surface area contributed by atoms with Gasteiger partial charge in [0.05, 0.1) is 18.3 Å². The van der Waals surface area contributed by atoms with Gasteiger partial charge in [0.2, 0.25) is 0 Å². The van der Waals surface area contributed by atoms with Crippen molar-refractivity contribution < 1.29 is 14.5 Å². The van der Waals surface area contributed by atoms with Crippen LogP contribution in [0, 0.1) is 25.2 Å². The zero-order valence-electron chi connectivity index (χ0n) is 15.5. The minimum atomic E-state index is -0.300. The number of nitriles is 1. The topological polar surface area (TPSA) is 86.4 Å². The van der Waals surface area contributed by atoms with Gasteiger partial charge in [0.1, 0.15) is 6.07 Å². The molecule has 140 valence electrons. The molecule has 2 aromatic rings. The number of benzene rings is 2. The third-order valence-corrected chi connectivity index (χ3v) is 4.28. The van der Waals surface area contributed by atoms with Crippen LogP contribution in [0.2, 0.25) is 5.02 Å². The first-order chi connectivity index (χ1) is 12.8. The van der Waals surface area contributed by atoms with Crippen molar-refractivity contribution in [1.29, 1.82) is 5.26 Å². The van der Waals surface area contributed by atoms with Gasteiger partial charge >= 0.3 is 0 Å². The molecule has 0 saturated heterocycles. The molecule has 0 saturated carbocycles. The summed E-state index contributed by atoms with van der Waals surface area (Å²) >= 11 is 5.92. The number of aryl methyl sites for hydroxylation is 2. The lowest BCUT2D eigenvalue weighted by Gasteiger charge is -2.16. The maximum Gasteiger partial charge on any atom is 0.279 e. The molecule has 3 N–H and O–H groups in total. The number of anilines is 2. The fourth-order valence-corrected chi connectivity index (χ4v) is 2.89. The number of carbonyl (C=O) groups is 2. The summed E-state index contributed by atoms with van der Waals surface area (Å²) in [5, 5.41) is 15.1. The van der Waals surface area contributed by atoms with Gasteiger partial charge in [-0.3, -0.25) is 9.59 Å². The van der Waals surface area contributed by atoms with Crippen molar-refractivity contribution in [2.24, 2.45) is 0 Å². The molecule has 0 aliphatic carbocycles. The standard InChI is InChI=1S/C20H21ClN4O2/c1-13-5-4-6-14(2)20(13)24-19(27)12-25(3)11-18(26)23-17-9-16(21)8-7-15(17)10-22/h4-9H,11-12H2,1-3H3,(H,23,26)(H,24,27)/p+1. The average molecular weight is 386 g/mol. The van der Waals surface area contributed by atoms with Crippen LogP contribution in [0.3, 0.4) is 0 Å². The van der Waals surface area contributed by atoms with E-state index in [4.69, 9.17) is 16.9 Å². The number of likely N-dealkylation sites (N-methyl/N-ethyl adjacent to an activating group) is 1. The highest BCUT2D eigenvalue weighted by Crippen LogP contribution is 2.20. The number of halogens is 1. The Hall–Kier alpha value is -2.88. The number of para-hydroxylation sites is 1. The summed E-state index contributed by atoms with van der Waals surface area (Å²) < 4.78 is 0. The van der Waals surface area contributed by atoms with Crippen LogP contribution >= 0.6 is 11.6 Å². The van der Waals surface area contributed by atoms with Crippen LogP contribution in [-0.2, 0) is 9.59 Å². The molecule has 0 heterocycles. The Labute approximate surface area is 163 Å². The summed E-state index contributed by atoms with van der Waals surface area (Å²) in [6, 6.07) is 12.5. The van der Waals surface area contributed by atoms with Gasteiger partial charge in [0, 0.05) is 10.7 Å². The van der Waals surface area contributed by atoms with Crippen molar-refractivity contribution >= 4 is 34.8 Å². The van der Waals surface area contributed by atoms with E-state index >= 15 is 0 Å². The maximum absolute atomic E-state index is 12.3. The highest BCUT2D eigenvalue weighted by atomic mass is 35.5. The van der Waals surface area contributed by atoms with E-state index in [2.05, 4.69) is 10.6 Å². The summed E-state index contributed by atoms with van der Waals surface area (Å²) in [6.45, 7) is 4.09. The lowest BCUT2D eigenvalue weighted by molar-refractivity contribution is -0.862. The zero-order valence-corrected chi connectivity index (χ0v) is 16.3. The molecular weight excluding hydrogens is 364 g/mol. The predicted octanol–water partition coefficient (Wildman–Crippen LogP) is 1.92. The monoisotopic (exact) mass is 385 g/mol. The van der Waals surface area contributed by atoms with Crippen molar-refractivity contribution in [3.63, 3.8) is 0 Å². The van der Waals surface area contributed by atoms with E-state index in [1.54, 1.807) is 19.2 Å². The fourth-order valence-electron chi connectivity index (χ4n) is 2.72. The Bertz CT molecular complexity index is 885. The Morgan fingerprint density at radius 1 is 1.07 bits per heavy atom. The van der Waals surface area contributed by atoms with E-state index in [1.165, 1.54) is 6.07 Å². The van der Waals surface area contributed by atoms with Crippen LogP contribution in [0.1, 0.15) is 16.7 Å². The molecule has 6 nitrogen and oxygen atoms in total. The van der Waals surface area contributed by atoms with Gasteiger partial charge in [-0.1, -0.05) is 29.8 Å². The maximum atomic E-state index is 12.3. The van der Waals surface area contributed by atoms with E-state index in [0.29, 0.717) is 16.3 Å². The molecule has 2 amide bonds. The summed E-state index contributed by atoms with van der Waals surface area (Å²) in [4.78, 5) is 25.2. The van der Waals surface area contributed by atoms with Crippen LogP contribution in [0.15, 0.2) is 36.4 Å². The average Bonchev–Trinajstić information content (AvgIpc) is 2.58. The quantitative estimate of drug-likeness (QED) is 0.710. The zero-order chi connectivity index (χ0) is 20.0. The van der Waals surface area contributed by atoms with Crippen molar-refractivity contribution in [2.75, 3.05) is 30.8 Å². The predicted molar refractivity (Wildman–Crippen MR) is 106 cm³/mol. The normalized spacial score (nSPS) is 11.4. The number of rotatable bonds is 6. The first kappa shape index (κ1) is 20.4. The second-order valence-corrected chi connectivity index (χ2v) is 6.91. The smallest absolute Gasteiger partial charge is 0.279 e.